The van der Waals surface area contributed by atoms with Crippen LogP contribution < -0.4 is 5.32 Å². The Morgan fingerprint density at radius 2 is 2.12 bits per heavy atom. The van der Waals surface area contributed by atoms with Crippen LogP contribution in [0.5, 0.6) is 0 Å². The van der Waals surface area contributed by atoms with Gasteiger partial charge in [0.25, 0.3) is 5.76 Å². The molecule has 0 radical (unpaired) electrons. The van der Waals surface area contributed by atoms with Crippen LogP contribution in [0.15, 0.2) is 23.1 Å². The van der Waals surface area contributed by atoms with Gasteiger partial charge in [0, 0.05) is 24.7 Å². The van der Waals surface area contributed by atoms with Gasteiger partial charge >= 0.3 is 6.03 Å². The largest absolute Gasteiger partial charge is 0.331 e. The second-order valence-electron chi connectivity index (χ2n) is 3.35. The lowest BCUT2D eigenvalue weighted by atomic mass is 10.3. The zero-order chi connectivity index (χ0) is 13.0. The van der Waals surface area contributed by atoms with Gasteiger partial charge in [-0.3, -0.25) is 0 Å². The molecule has 0 fully saturated rings. The minimum absolute atomic E-state index is 0.187. The smallest absolute Gasteiger partial charge is 0.321 e. The maximum atomic E-state index is 12.1. The molecule has 0 saturated carbocycles. The maximum Gasteiger partial charge on any atom is 0.321 e. The van der Waals surface area contributed by atoms with Gasteiger partial charge in [-0.1, -0.05) is 23.4 Å². The molecule has 7 heteroatoms. The number of nitrogens with zero attached hydrogens (tertiary/aromatic N) is 1. The molecule has 94 valence electrons. The van der Waals surface area contributed by atoms with Crippen LogP contribution in [0.1, 0.15) is 0 Å². The van der Waals surface area contributed by atoms with E-state index in [9.17, 15) is 13.6 Å². The molecule has 1 aromatic carbocycles. The number of carbonyl (C=O) groups excluding carboxylic acids is 1. The van der Waals surface area contributed by atoms with Gasteiger partial charge in [0.15, 0.2) is 0 Å². The third-order valence-electron chi connectivity index (χ3n) is 1.81. The molecule has 3 nitrogen and oxygen atoms in total. The van der Waals surface area contributed by atoms with E-state index in [0.29, 0.717) is 17.4 Å². The van der Waals surface area contributed by atoms with Crippen LogP contribution >= 0.6 is 23.4 Å². The van der Waals surface area contributed by atoms with Crippen molar-refractivity contribution in [2.24, 2.45) is 0 Å². The van der Waals surface area contributed by atoms with Gasteiger partial charge in [0.2, 0.25) is 0 Å². The Morgan fingerprint density at radius 3 is 2.59 bits per heavy atom. The number of anilines is 1. The van der Waals surface area contributed by atoms with E-state index in [0.717, 1.165) is 0 Å². The Labute approximate surface area is 107 Å². The zero-order valence-electron chi connectivity index (χ0n) is 9.21. The standard InChI is InChI=1S/C10H11ClF2N2OS/c1-15(2)10(16)14-6-3-4-8(7(11)5-6)17-9(12)13/h3-5,9H,1-2H3,(H,14,16). The summed E-state index contributed by atoms with van der Waals surface area (Å²) in [5.41, 5.74) is 0.465. The minimum Gasteiger partial charge on any atom is -0.331 e. The summed E-state index contributed by atoms with van der Waals surface area (Å²) in [6, 6.07) is 4.10. The van der Waals surface area contributed by atoms with Crippen molar-refractivity contribution in [2.45, 2.75) is 10.7 Å². The van der Waals surface area contributed by atoms with Crippen molar-refractivity contribution in [1.82, 2.24) is 4.90 Å². The van der Waals surface area contributed by atoms with E-state index in [-0.39, 0.29) is 15.9 Å². The molecule has 1 N–H and O–H groups in total. The fourth-order valence-electron chi connectivity index (χ4n) is 1.01. The summed E-state index contributed by atoms with van der Waals surface area (Å²) in [5.74, 6) is -2.52. The first kappa shape index (κ1) is 14.1. The molecule has 0 atom stereocenters. The van der Waals surface area contributed by atoms with Crippen molar-refractivity contribution < 1.29 is 13.6 Å². The van der Waals surface area contributed by atoms with E-state index >= 15 is 0 Å². The Bertz CT molecular complexity index is 415. The first-order chi connectivity index (χ1) is 7.90. The predicted molar refractivity (Wildman–Crippen MR) is 66.0 cm³/mol. The lowest BCUT2D eigenvalue weighted by Crippen LogP contribution is -2.27. The van der Waals surface area contributed by atoms with Gasteiger partial charge in [0.05, 0.1) is 5.02 Å². The summed E-state index contributed by atoms with van der Waals surface area (Å²) in [4.78, 5) is 13.0. The Balaban J connectivity index is 2.78. The molecular weight excluding hydrogens is 270 g/mol. The van der Waals surface area contributed by atoms with E-state index in [1.54, 1.807) is 14.1 Å². The van der Waals surface area contributed by atoms with Gasteiger partial charge in [-0.05, 0) is 18.2 Å². The molecule has 0 aliphatic rings. The molecule has 2 amide bonds. The molecule has 0 heterocycles. The second kappa shape index (κ2) is 6.07. The quantitative estimate of drug-likeness (QED) is 0.855. The van der Waals surface area contributed by atoms with Crippen molar-refractivity contribution in [3.8, 4) is 0 Å². The molecule has 1 rings (SSSR count). The van der Waals surface area contributed by atoms with E-state index in [1.165, 1.54) is 23.1 Å². The van der Waals surface area contributed by atoms with Crippen LogP contribution in [0.4, 0.5) is 19.3 Å². The molecule has 0 bridgehead atoms. The highest BCUT2D eigenvalue weighted by Crippen LogP contribution is 2.33. The predicted octanol–water partition coefficient (Wildman–Crippen LogP) is 3.75. The lowest BCUT2D eigenvalue weighted by molar-refractivity contribution is 0.230. The normalized spacial score (nSPS) is 10.5. The van der Waals surface area contributed by atoms with Crippen molar-refractivity contribution in [1.29, 1.82) is 0 Å². The highest BCUT2D eigenvalue weighted by Gasteiger charge is 2.10. The summed E-state index contributed by atoms with van der Waals surface area (Å²) in [6.45, 7) is 0. The van der Waals surface area contributed by atoms with Crippen LogP contribution in [-0.4, -0.2) is 30.8 Å². The summed E-state index contributed by atoms with van der Waals surface area (Å²) in [6.07, 6.45) is 0. The van der Waals surface area contributed by atoms with Crippen LogP contribution in [-0.2, 0) is 0 Å². The summed E-state index contributed by atoms with van der Waals surface area (Å²) in [5, 5.41) is 2.76. The minimum atomic E-state index is -2.52. The lowest BCUT2D eigenvalue weighted by Gasteiger charge is -2.12. The molecule has 0 spiro atoms. The van der Waals surface area contributed by atoms with Crippen molar-refractivity contribution in [2.75, 3.05) is 19.4 Å². The van der Waals surface area contributed by atoms with Gasteiger partial charge < -0.3 is 10.2 Å². The molecular formula is C10H11ClF2N2OS. The number of urea groups is 1. The number of thioether (sulfide) groups is 1. The van der Waals surface area contributed by atoms with Crippen molar-refractivity contribution in [3.63, 3.8) is 0 Å². The number of halogens is 3. The fourth-order valence-corrected chi connectivity index (χ4v) is 1.83. The molecule has 17 heavy (non-hydrogen) atoms. The Morgan fingerprint density at radius 1 is 1.47 bits per heavy atom. The van der Waals surface area contributed by atoms with Crippen LogP contribution in [0.25, 0.3) is 0 Å². The second-order valence-corrected chi connectivity index (χ2v) is 4.79. The van der Waals surface area contributed by atoms with Crippen molar-refractivity contribution >= 4 is 35.1 Å². The third kappa shape index (κ3) is 4.40. The van der Waals surface area contributed by atoms with Crippen LogP contribution in [0, 0.1) is 0 Å². The molecule has 0 aliphatic carbocycles. The Kier molecular flexibility index (Phi) is 5.02. The van der Waals surface area contributed by atoms with Gasteiger partial charge in [0.1, 0.15) is 0 Å². The highest BCUT2D eigenvalue weighted by molar-refractivity contribution is 7.99. The molecule has 0 unspecified atom stereocenters. The number of benzene rings is 1. The third-order valence-corrected chi connectivity index (χ3v) is 3.02. The topological polar surface area (TPSA) is 32.3 Å². The number of alkyl halides is 2. The van der Waals surface area contributed by atoms with Crippen LogP contribution in [0.3, 0.4) is 0 Å². The summed E-state index contributed by atoms with van der Waals surface area (Å²) >= 11 is 6.19. The van der Waals surface area contributed by atoms with Crippen LogP contribution in [0.2, 0.25) is 5.02 Å². The fraction of sp³-hybridized carbons (Fsp3) is 0.300. The SMILES string of the molecule is CN(C)C(=O)Nc1ccc(SC(F)F)c(Cl)c1. The summed E-state index contributed by atoms with van der Waals surface area (Å²) in [7, 11) is 3.19. The Hall–Kier alpha value is -1.01. The number of hydrogen-bond acceptors (Lipinski definition) is 2. The monoisotopic (exact) mass is 280 g/mol. The average molecular weight is 281 g/mol. The molecule has 1 aromatic rings. The first-order valence-corrected chi connectivity index (χ1v) is 5.88. The number of amides is 2. The van der Waals surface area contributed by atoms with Gasteiger partial charge in [-0.15, -0.1) is 0 Å². The molecule has 0 saturated heterocycles. The van der Waals surface area contributed by atoms with Gasteiger partial charge in [-0.2, -0.15) is 8.78 Å². The molecule has 0 aromatic heterocycles. The average Bonchev–Trinajstić information content (AvgIpc) is 2.21. The number of hydrogen-bond donors (Lipinski definition) is 1. The number of carbonyl (C=O) groups is 1. The maximum absolute atomic E-state index is 12.1. The zero-order valence-corrected chi connectivity index (χ0v) is 10.8. The van der Waals surface area contributed by atoms with E-state index < -0.39 is 5.76 Å². The molecule has 0 aliphatic heterocycles. The summed E-state index contributed by atoms with van der Waals surface area (Å²) < 4.78 is 24.3. The van der Waals surface area contributed by atoms with E-state index in [4.69, 9.17) is 11.6 Å². The van der Waals surface area contributed by atoms with E-state index in [2.05, 4.69) is 5.32 Å². The highest BCUT2D eigenvalue weighted by atomic mass is 35.5. The van der Waals surface area contributed by atoms with Crippen molar-refractivity contribution in [3.05, 3.63) is 23.2 Å². The number of nitrogens with one attached hydrogen (secondary N) is 1. The van der Waals surface area contributed by atoms with Gasteiger partial charge in [-0.25, -0.2) is 4.79 Å². The first-order valence-electron chi connectivity index (χ1n) is 4.63. The number of rotatable bonds is 3. The van der Waals surface area contributed by atoms with E-state index in [1.807, 2.05) is 0 Å².